The van der Waals surface area contributed by atoms with Gasteiger partial charge in [0.2, 0.25) is 0 Å². The lowest BCUT2D eigenvalue weighted by molar-refractivity contribution is 0.0525. The van der Waals surface area contributed by atoms with Crippen LogP contribution in [-0.2, 0) is 11.2 Å². The van der Waals surface area contributed by atoms with Gasteiger partial charge in [-0.15, -0.1) is 12.3 Å². The predicted octanol–water partition coefficient (Wildman–Crippen LogP) is 3.19. The number of benzene rings is 1. The molecule has 0 unspecified atom stereocenters. The van der Waals surface area contributed by atoms with Gasteiger partial charge in [0.15, 0.2) is 0 Å². The highest BCUT2D eigenvalue weighted by Crippen LogP contribution is 2.19. The Morgan fingerprint density at radius 3 is 2.94 bits per heavy atom. The van der Waals surface area contributed by atoms with Gasteiger partial charge in [0.25, 0.3) is 0 Å². The summed E-state index contributed by atoms with van der Waals surface area (Å²) < 4.78 is 5.92. The van der Waals surface area contributed by atoms with Crippen LogP contribution in [-0.4, -0.2) is 12.6 Å². The van der Waals surface area contributed by atoms with E-state index in [1.54, 1.807) is 13.0 Å². The van der Waals surface area contributed by atoms with Gasteiger partial charge in [-0.05, 0) is 37.1 Å². The Morgan fingerprint density at radius 1 is 1.56 bits per heavy atom. The molecule has 0 spiro atoms. The second-order valence-electron chi connectivity index (χ2n) is 3.23. The van der Waals surface area contributed by atoms with Gasteiger partial charge in [0.05, 0.1) is 12.2 Å². The van der Waals surface area contributed by atoms with Crippen molar-refractivity contribution in [2.24, 2.45) is 0 Å². The highest BCUT2D eigenvalue weighted by Gasteiger charge is 2.12. The Morgan fingerprint density at radius 2 is 2.31 bits per heavy atom. The molecule has 0 saturated carbocycles. The lowest BCUT2D eigenvalue weighted by Gasteiger charge is -2.08. The molecule has 16 heavy (non-hydrogen) atoms. The number of halogens is 1. The van der Waals surface area contributed by atoms with Crippen molar-refractivity contribution in [3.8, 4) is 12.3 Å². The summed E-state index contributed by atoms with van der Waals surface area (Å²) in [5.74, 6) is 2.28. The number of carbonyl (C=O) groups is 1. The first-order chi connectivity index (χ1) is 7.69. The summed E-state index contributed by atoms with van der Waals surface area (Å²) in [4.78, 5) is 11.7. The van der Waals surface area contributed by atoms with E-state index in [2.05, 4.69) is 21.9 Å². The molecule has 0 aliphatic heterocycles. The number of ether oxygens (including phenoxy) is 1. The van der Waals surface area contributed by atoms with Gasteiger partial charge >= 0.3 is 5.97 Å². The van der Waals surface area contributed by atoms with Crippen LogP contribution in [0, 0.1) is 12.3 Å². The monoisotopic (exact) mass is 280 g/mol. The fourth-order valence-electron chi connectivity index (χ4n) is 1.38. The fourth-order valence-corrected chi connectivity index (χ4v) is 1.79. The van der Waals surface area contributed by atoms with E-state index in [9.17, 15) is 4.79 Å². The van der Waals surface area contributed by atoms with Gasteiger partial charge in [0.1, 0.15) is 0 Å². The molecule has 84 valence electrons. The van der Waals surface area contributed by atoms with Crippen LogP contribution in [0.25, 0.3) is 0 Å². The van der Waals surface area contributed by atoms with Crippen molar-refractivity contribution in [3.63, 3.8) is 0 Å². The Hall–Kier alpha value is -1.27. The molecule has 0 bridgehead atoms. The molecule has 0 heterocycles. The van der Waals surface area contributed by atoms with Gasteiger partial charge in [-0.2, -0.15) is 0 Å². The summed E-state index contributed by atoms with van der Waals surface area (Å²) >= 11 is 3.37. The van der Waals surface area contributed by atoms with Gasteiger partial charge in [-0.3, -0.25) is 0 Å². The third-order valence-corrected chi connectivity index (χ3v) is 2.59. The Kier molecular flexibility index (Phi) is 5.07. The van der Waals surface area contributed by atoms with E-state index in [-0.39, 0.29) is 5.97 Å². The number of hydrogen-bond acceptors (Lipinski definition) is 2. The molecule has 0 aliphatic carbocycles. The lowest BCUT2D eigenvalue weighted by Crippen LogP contribution is -2.08. The molecule has 0 aliphatic rings. The van der Waals surface area contributed by atoms with Crippen LogP contribution in [0.4, 0.5) is 0 Å². The molecule has 0 N–H and O–H groups in total. The maximum atomic E-state index is 11.7. The minimum absolute atomic E-state index is 0.290. The van der Waals surface area contributed by atoms with Crippen LogP contribution in [0.3, 0.4) is 0 Å². The summed E-state index contributed by atoms with van der Waals surface area (Å²) in [6, 6.07) is 5.49. The molecule has 2 nitrogen and oxygen atoms in total. The molecule has 0 saturated heterocycles. The standard InChI is InChI=1S/C13H13BrO2/c1-3-5-6-10-9-11(14)7-8-12(10)13(15)16-4-2/h1,7-9H,4-6H2,2H3. The van der Waals surface area contributed by atoms with Gasteiger partial charge < -0.3 is 4.74 Å². The average Bonchev–Trinajstić information content (AvgIpc) is 2.26. The van der Waals surface area contributed by atoms with Crippen LogP contribution < -0.4 is 0 Å². The van der Waals surface area contributed by atoms with Gasteiger partial charge in [-0.1, -0.05) is 15.9 Å². The second kappa shape index (κ2) is 6.34. The molecule has 1 aromatic carbocycles. The van der Waals surface area contributed by atoms with Crippen LogP contribution in [0.1, 0.15) is 29.3 Å². The quantitative estimate of drug-likeness (QED) is 0.626. The van der Waals surface area contributed by atoms with E-state index >= 15 is 0 Å². The molecule has 0 atom stereocenters. The summed E-state index contributed by atoms with van der Waals surface area (Å²) in [6.45, 7) is 2.17. The summed E-state index contributed by atoms with van der Waals surface area (Å²) in [7, 11) is 0. The third kappa shape index (κ3) is 3.39. The molecule has 0 radical (unpaired) electrons. The van der Waals surface area contributed by atoms with Crippen molar-refractivity contribution < 1.29 is 9.53 Å². The largest absolute Gasteiger partial charge is 0.462 e. The molecule has 0 fully saturated rings. The number of esters is 1. The predicted molar refractivity (Wildman–Crippen MR) is 67.3 cm³/mol. The zero-order valence-electron chi connectivity index (χ0n) is 9.13. The number of carbonyl (C=O) groups excluding carboxylic acids is 1. The van der Waals surface area contributed by atoms with E-state index in [1.807, 2.05) is 12.1 Å². The third-order valence-electron chi connectivity index (χ3n) is 2.10. The van der Waals surface area contributed by atoms with Crippen molar-refractivity contribution in [1.82, 2.24) is 0 Å². The maximum Gasteiger partial charge on any atom is 0.338 e. The molecule has 3 heteroatoms. The smallest absolute Gasteiger partial charge is 0.338 e. The molecule has 0 amide bonds. The molecular formula is C13H13BrO2. The minimum Gasteiger partial charge on any atom is -0.462 e. The first kappa shape index (κ1) is 12.8. The summed E-state index contributed by atoms with van der Waals surface area (Å²) in [5, 5.41) is 0. The molecule has 0 aromatic heterocycles. The summed E-state index contributed by atoms with van der Waals surface area (Å²) in [6.07, 6.45) is 6.52. The highest BCUT2D eigenvalue weighted by molar-refractivity contribution is 9.10. The van der Waals surface area contributed by atoms with Crippen molar-refractivity contribution in [3.05, 3.63) is 33.8 Å². The van der Waals surface area contributed by atoms with E-state index in [4.69, 9.17) is 11.2 Å². The number of hydrogen-bond donors (Lipinski definition) is 0. The zero-order chi connectivity index (χ0) is 12.0. The van der Waals surface area contributed by atoms with Crippen LogP contribution in [0.15, 0.2) is 22.7 Å². The first-order valence-corrected chi connectivity index (χ1v) is 5.87. The number of rotatable bonds is 4. The molecular weight excluding hydrogens is 268 g/mol. The van der Waals surface area contributed by atoms with Crippen LogP contribution in [0.5, 0.6) is 0 Å². The van der Waals surface area contributed by atoms with Crippen molar-refractivity contribution in [2.45, 2.75) is 19.8 Å². The Bertz CT molecular complexity index is 418. The Labute approximate surface area is 104 Å². The molecule has 1 rings (SSSR count). The van der Waals surface area contributed by atoms with Crippen LogP contribution in [0.2, 0.25) is 0 Å². The second-order valence-corrected chi connectivity index (χ2v) is 4.14. The van der Waals surface area contributed by atoms with E-state index in [0.29, 0.717) is 25.0 Å². The fraction of sp³-hybridized carbons (Fsp3) is 0.308. The topological polar surface area (TPSA) is 26.3 Å². The maximum absolute atomic E-state index is 11.7. The van der Waals surface area contributed by atoms with Crippen LogP contribution >= 0.6 is 15.9 Å². The zero-order valence-corrected chi connectivity index (χ0v) is 10.7. The lowest BCUT2D eigenvalue weighted by atomic mass is 10.0. The molecule has 1 aromatic rings. The van der Waals surface area contributed by atoms with Crippen molar-refractivity contribution in [2.75, 3.05) is 6.61 Å². The Balaban J connectivity index is 2.98. The summed E-state index contributed by atoms with van der Waals surface area (Å²) in [5.41, 5.74) is 1.52. The van der Waals surface area contributed by atoms with E-state index in [1.165, 1.54) is 0 Å². The van der Waals surface area contributed by atoms with Gasteiger partial charge in [0, 0.05) is 10.9 Å². The number of terminal acetylenes is 1. The first-order valence-electron chi connectivity index (χ1n) is 5.08. The normalized spacial score (nSPS) is 9.56. The number of aryl methyl sites for hydroxylation is 1. The van der Waals surface area contributed by atoms with E-state index < -0.39 is 0 Å². The SMILES string of the molecule is C#CCCc1cc(Br)ccc1C(=O)OCC. The van der Waals surface area contributed by atoms with Gasteiger partial charge in [-0.25, -0.2) is 4.79 Å². The highest BCUT2D eigenvalue weighted by atomic mass is 79.9. The van der Waals surface area contributed by atoms with E-state index in [0.717, 1.165) is 10.0 Å². The van der Waals surface area contributed by atoms with Crippen molar-refractivity contribution in [1.29, 1.82) is 0 Å². The average molecular weight is 281 g/mol. The van der Waals surface area contributed by atoms with Crippen molar-refractivity contribution >= 4 is 21.9 Å². The minimum atomic E-state index is -0.290.